The average Bonchev–Trinajstić information content (AvgIpc) is 2.14. The van der Waals surface area contributed by atoms with E-state index in [1.165, 1.54) is 6.08 Å². The minimum absolute atomic E-state index is 0.263. The predicted octanol–water partition coefficient (Wildman–Crippen LogP) is 2.50. The molecule has 82 valence electrons. The lowest BCUT2D eigenvalue weighted by atomic mass is 9.93. The van der Waals surface area contributed by atoms with Crippen LogP contribution in [-0.2, 0) is 0 Å². The van der Waals surface area contributed by atoms with Crippen LogP contribution in [0.25, 0.3) is 0 Å². The summed E-state index contributed by atoms with van der Waals surface area (Å²) in [5, 5.41) is 2.42. The van der Waals surface area contributed by atoms with Crippen molar-refractivity contribution in [1.82, 2.24) is 5.32 Å². The van der Waals surface area contributed by atoms with E-state index in [4.69, 9.17) is 5.73 Å². The van der Waals surface area contributed by atoms with Gasteiger partial charge in [0.25, 0.3) is 0 Å². The standard InChI is InChI=1S/C10H18FIN2/c1-4-5-8(12)10(2,13)7-6-9(11)14-3/h4,6,8,14H,1,5,7,13H2,2-3H3/b9-6-/t8-,10?/m1/s1. The molecule has 0 spiro atoms. The van der Waals surface area contributed by atoms with Crippen molar-refractivity contribution in [2.75, 3.05) is 7.05 Å². The summed E-state index contributed by atoms with van der Waals surface area (Å²) in [5.74, 6) is -0.330. The van der Waals surface area contributed by atoms with E-state index in [0.717, 1.165) is 6.42 Å². The maximum atomic E-state index is 12.8. The van der Waals surface area contributed by atoms with E-state index in [2.05, 4.69) is 34.5 Å². The van der Waals surface area contributed by atoms with Crippen molar-refractivity contribution >= 4 is 22.6 Å². The van der Waals surface area contributed by atoms with Crippen LogP contribution < -0.4 is 11.1 Å². The molecule has 0 saturated carbocycles. The van der Waals surface area contributed by atoms with Gasteiger partial charge >= 0.3 is 0 Å². The fraction of sp³-hybridized carbons (Fsp3) is 0.600. The first-order chi connectivity index (χ1) is 6.44. The lowest BCUT2D eigenvalue weighted by Gasteiger charge is -2.28. The zero-order valence-electron chi connectivity index (χ0n) is 8.69. The smallest absolute Gasteiger partial charge is 0.182 e. The summed E-state index contributed by atoms with van der Waals surface area (Å²) < 4.78 is 13.0. The van der Waals surface area contributed by atoms with Crippen LogP contribution in [0.4, 0.5) is 4.39 Å². The lowest BCUT2D eigenvalue weighted by molar-refractivity contribution is 0.457. The highest BCUT2D eigenvalue weighted by molar-refractivity contribution is 14.1. The molecule has 1 unspecified atom stereocenters. The van der Waals surface area contributed by atoms with Gasteiger partial charge in [-0.1, -0.05) is 28.7 Å². The van der Waals surface area contributed by atoms with Gasteiger partial charge < -0.3 is 11.1 Å². The van der Waals surface area contributed by atoms with Crippen molar-refractivity contribution in [2.24, 2.45) is 5.73 Å². The Kier molecular flexibility index (Phi) is 6.35. The number of nitrogens with one attached hydrogen (secondary N) is 1. The second-order valence-electron chi connectivity index (χ2n) is 3.50. The van der Waals surface area contributed by atoms with Gasteiger partial charge in [-0.25, -0.2) is 0 Å². The summed E-state index contributed by atoms with van der Waals surface area (Å²) in [7, 11) is 1.55. The summed E-state index contributed by atoms with van der Waals surface area (Å²) in [5.41, 5.74) is 5.66. The van der Waals surface area contributed by atoms with Gasteiger partial charge in [-0.3, -0.25) is 0 Å². The van der Waals surface area contributed by atoms with E-state index in [1.54, 1.807) is 7.05 Å². The van der Waals surface area contributed by atoms with Gasteiger partial charge in [0.05, 0.1) is 0 Å². The van der Waals surface area contributed by atoms with Crippen LogP contribution in [0.1, 0.15) is 19.8 Å². The summed E-state index contributed by atoms with van der Waals surface area (Å²) in [6.07, 6.45) is 4.67. The average molecular weight is 312 g/mol. The minimum Gasteiger partial charge on any atom is -0.365 e. The molecule has 0 fully saturated rings. The Morgan fingerprint density at radius 2 is 2.36 bits per heavy atom. The summed E-state index contributed by atoms with van der Waals surface area (Å²) in [4.78, 5) is 0. The lowest BCUT2D eigenvalue weighted by Crippen LogP contribution is -2.44. The van der Waals surface area contributed by atoms with Crippen LogP contribution in [0, 0.1) is 0 Å². The number of alkyl halides is 1. The fourth-order valence-corrected chi connectivity index (χ4v) is 1.57. The van der Waals surface area contributed by atoms with Gasteiger partial charge in [0.2, 0.25) is 0 Å². The SMILES string of the molecule is C=CC[C@@H](I)C(C)(N)C/C=C(/F)NC. The molecule has 0 aliphatic heterocycles. The van der Waals surface area contributed by atoms with E-state index < -0.39 is 5.54 Å². The number of halogens is 2. The highest BCUT2D eigenvalue weighted by Gasteiger charge is 2.25. The van der Waals surface area contributed by atoms with Crippen molar-refractivity contribution < 1.29 is 4.39 Å². The Bertz CT molecular complexity index is 214. The van der Waals surface area contributed by atoms with Crippen LogP contribution in [0.3, 0.4) is 0 Å². The first-order valence-electron chi connectivity index (χ1n) is 4.51. The van der Waals surface area contributed by atoms with Crippen LogP contribution >= 0.6 is 22.6 Å². The molecule has 0 heterocycles. The highest BCUT2D eigenvalue weighted by atomic mass is 127. The molecule has 0 aromatic carbocycles. The van der Waals surface area contributed by atoms with Crippen molar-refractivity contribution in [3.05, 3.63) is 24.7 Å². The number of hydrogen-bond acceptors (Lipinski definition) is 2. The van der Waals surface area contributed by atoms with Crippen LogP contribution in [0.5, 0.6) is 0 Å². The molecular formula is C10H18FIN2. The first kappa shape index (κ1) is 13.9. The van der Waals surface area contributed by atoms with Gasteiger partial charge in [0, 0.05) is 16.5 Å². The van der Waals surface area contributed by atoms with Crippen molar-refractivity contribution in [3.63, 3.8) is 0 Å². The molecule has 14 heavy (non-hydrogen) atoms. The zero-order chi connectivity index (χ0) is 11.2. The number of allylic oxidation sites excluding steroid dienone is 1. The van der Waals surface area contributed by atoms with Crippen LogP contribution in [-0.4, -0.2) is 16.5 Å². The third-order valence-electron chi connectivity index (χ3n) is 2.05. The van der Waals surface area contributed by atoms with Crippen molar-refractivity contribution in [3.8, 4) is 0 Å². The van der Waals surface area contributed by atoms with Crippen molar-refractivity contribution in [1.29, 1.82) is 0 Å². The molecule has 0 amide bonds. The molecule has 2 atom stereocenters. The summed E-state index contributed by atoms with van der Waals surface area (Å²) in [6.45, 7) is 5.59. The predicted molar refractivity (Wildman–Crippen MR) is 68.1 cm³/mol. The molecule has 0 aliphatic carbocycles. The van der Waals surface area contributed by atoms with Gasteiger partial charge in [0.15, 0.2) is 5.95 Å². The molecule has 0 aromatic rings. The number of rotatable bonds is 6. The van der Waals surface area contributed by atoms with E-state index in [1.807, 2.05) is 13.0 Å². The van der Waals surface area contributed by atoms with Gasteiger partial charge in [0.1, 0.15) is 0 Å². The molecule has 2 nitrogen and oxygen atoms in total. The van der Waals surface area contributed by atoms with Gasteiger partial charge in [-0.15, -0.1) is 6.58 Å². The van der Waals surface area contributed by atoms with E-state index >= 15 is 0 Å². The van der Waals surface area contributed by atoms with Gasteiger partial charge in [-0.2, -0.15) is 4.39 Å². The Labute approximate surface area is 99.0 Å². The third-order valence-corrected chi connectivity index (χ3v) is 3.98. The largest absolute Gasteiger partial charge is 0.365 e. The normalized spacial score (nSPS) is 18.5. The Balaban J connectivity index is 4.25. The van der Waals surface area contributed by atoms with Crippen LogP contribution in [0.2, 0.25) is 0 Å². The first-order valence-corrected chi connectivity index (χ1v) is 5.76. The summed E-state index contributed by atoms with van der Waals surface area (Å²) >= 11 is 2.27. The fourth-order valence-electron chi connectivity index (χ4n) is 0.955. The summed E-state index contributed by atoms with van der Waals surface area (Å²) in [6, 6.07) is 0. The highest BCUT2D eigenvalue weighted by Crippen LogP contribution is 2.23. The Morgan fingerprint density at radius 1 is 1.79 bits per heavy atom. The van der Waals surface area contributed by atoms with E-state index in [9.17, 15) is 4.39 Å². The maximum Gasteiger partial charge on any atom is 0.182 e. The van der Waals surface area contributed by atoms with Crippen molar-refractivity contribution in [2.45, 2.75) is 29.2 Å². The van der Waals surface area contributed by atoms with E-state index in [0.29, 0.717) is 6.42 Å². The number of nitrogens with two attached hydrogens (primary N) is 1. The second-order valence-corrected chi connectivity index (χ2v) is 5.01. The molecule has 0 aromatic heterocycles. The molecular weight excluding hydrogens is 294 g/mol. The van der Waals surface area contributed by atoms with Crippen LogP contribution in [0.15, 0.2) is 24.7 Å². The maximum absolute atomic E-state index is 12.8. The molecule has 3 N–H and O–H groups in total. The molecule has 0 radical (unpaired) electrons. The Morgan fingerprint density at radius 3 is 2.79 bits per heavy atom. The molecule has 0 saturated heterocycles. The van der Waals surface area contributed by atoms with E-state index in [-0.39, 0.29) is 9.88 Å². The topological polar surface area (TPSA) is 38.0 Å². The molecule has 0 rings (SSSR count). The molecule has 0 aliphatic rings. The number of hydrogen-bond donors (Lipinski definition) is 2. The molecule has 4 heteroatoms. The Hall–Kier alpha value is -0.100. The minimum atomic E-state index is -0.400. The zero-order valence-corrected chi connectivity index (χ0v) is 10.8. The quantitative estimate of drug-likeness (QED) is 0.342. The van der Waals surface area contributed by atoms with Gasteiger partial charge in [-0.05, 0) is 25.8 Å². The monoisotopic (exact) mass is 312 g/mol. The second kappa shape index (κ2) is 6.40. The third kappa shape index (κ3) is 4.95. The molecule has 0 bridgehead atoms.